The van der Waals surface area contributed by atoms with Gasteiger partial charge in [0, 0.05) is 11.0 Å². The molecular weight excluding hydrogens is 312 g/mol. The summed E-state index contributed by atoms with van der Waals surface area (Å²) in [5.74, 6) is 1.63. The molecule has 0 atom stereocenters. The van der Waals surface area contributed by atoms with Gasteiger partial charge in [0.2, 0.25) is 0 Å². The van der Waals surface area contributed by atoms with Gasteiger partial charge in [-0.25, -0.2) is 0 Å². The summed E-state index contributed by atoms with van der Waals surface area (Å²) in [6.07, 6.45) is 2.67. The quantitative estimate of drug-likeness (QED) is 0.845. The number of rotatable bonds is 6. The lowest BCUT2D eigenvalue weighted by atomic mass is 9.96. The van der Waals surface area contributed by atoms with Gasteiger partial charge in [0.25, 0.3) is 0 Å². The Labute approximate surface area is 132 Å². The van der Waals surface area contributed by atoms with Gasteiger partial charge in [0.15, 0.2) is 0 Å². The second-order valence-electron chi connectivity index (χ2n) is 6.40. The number of halogens is 1. The zero-order valence-corrected chi connectivity index (χ0v) is 14.3. The number of piperidine rings is 1. The van der Waals surface area contributed by atoms with Gasteiger partial charge < -0.3 is 5.32 Å². The summed E-state index contributed by atoms with van der Waals surface area (Å²) in [6, 6.07) is 8.72. The van der Waals surface area contributed by atoms with E-state index in [4.69, 9.17) is 0 Å². The summed E-state index contributed by atoms with van der Waals surface area (Å²) < 4.78 is 1.16. The van der Waals surface area contributed by atoms with Gasteiger partial charge in [-0.1, -0.05) is 41.9 Å². The van der Waals surface area contributed by atoms with E-state index in [1.807, 2.05) is 0 Å². The van der Waals surface area contributed by atoms with Crippen LogP contribution in [0.5, 0.6) is 0 Å². The Bertz CT molecular complexity index is 380. The molecule has 1 aromatic rings. The summed E-state index contributed by atoms with van der Waals surface area (Å²) >= 11 is 3.49. The third-order valence-corrected chi connectivity index (χ3v) is 4.54. The van der Waals surface area contributed by atoms with Crippen molar-refractivity contribution in [3.63, 3.8) is 0 Å². The molecule has 2 nitrogen and oxygen atoms in total. The van der Waals surface area contributed by atoms with Crippen LogP contribution in [0.15, 0.2) is 28.7 Å². The molecule has 0 radical (unpaired) electrons. The van der Waals surface area contributed by atoms with Crippen LogP contribution in [0.3, 0.4) is 0 Å². The van der Waals surface area contributed by atoms with Gasteiger partial charge in [-0.05, 0) is 68.6 Å². The predicted octanol–water partition coefficient (Wildman–Crippen LogP) is 3.91. The van der Waals surface area contributed by atoms with Crippen molar-refractivity contribution in [2.24, 2.45) is 11.8 Å². The van der Waals surface area contributed by atoms with Gasteiger partial charge >= 0.3 is 0 Å². The maximum Gasteiger partial charge on any atom is 0.0233 e. The Morgan fingerprint density at radius 1 is 1.20 bits per heavy atom. The maximum atomic E-state index is 3.60. The number of hydrogen-bond acceptors (Lipinski definition) is 2. The molecular formula is C17H27BrN2. The van der Waals surface area contributed by atoms with Crippen LogP contribution in [0.1, 0.15) is 32.3 Å². The van der Waals surface area contributed by atoms with Crippen molar-refractivity contribution in [1.29, 1.82) is 0 Å². The van der Waals surface area contributed by atoms with E-state index in [2.05, 4.69) is 64.3 Å². The molecule has 112 valence electrons. The Morgan fingerprint density at radius 2 is 1.85 bits per heavy atom. The Kier molecular flexibility index (Phi) is 6.53. The summed E-state index contributed by atoms with van der Waals surface area (Å²) in [5.41, 5.74) is 1.42. The van der Waals surface area contributed by atoms with Crippen molar-refractivity contribution in [3.05, 3.63) is 34.3 Å². The SMILES string of the molecule is CC(C)CNCC1CCN(Cc2ccc(Br)cc2)CC1. The molecule has 20 heavy (non-hydrogen) atoms. The molecule has 0 unspecified atom stereocenters. The van der Waals surface area contributed by atoms with Gasteiger partial charge in [-0.15, -0.1) is 0 Å². The van der Waals surface area contributed by atoms with Gasteiger partial charge in [0.1, 0.15) is 0 Å². The van der Waals surface area contributed by atoms with E-state index in [1.165, 1.54) is 38.0 Å². The van der Waals surface area contributed by atoms with Crippen molar-refractivity contribution < 1.29 is 0 Å². The van der Waals surface area contributed by atoms with Crippen LogP contribution in [0.25, 0.3) is 0 Å². The average molecular weight is 339 g/mol. The van der Waals surface area contributed by atoms with Crippen LogP contribution in [-0.4, -0.2) is 31.1 Å². The summed E-state index contributed by atoms with van der Waals surface area (Å²) in [4.78, 5) is 2.59. The highest BCUT2D eigenvalue weighted by Crippen LogP contribution is 2.19. The van der Waals surface area contributed by atoms with Crippen LogP contribution in [0, 0.1) is 11.8 Å². The highest BCUT2D eigenvalue weighted by molar-refractivity contribution is 9.10. The van der Waals surface area contributed by atoms with E-state index in [9.17, 15) is 0 Å². The fourth-order valence-corrected chi connectivity index (χ4v) is 3.04. The lowest BCUT2D eigenvalue weighted by Crippen LogP contribution is -2.37. The van der Waals surface area contributed by atoms with Crippen LogP contribution < -0.4 is 5.32 Å². The first-order chi connectivity index (χ1) is 9.63. The molecule has 0 saturated carbocycles. The van der Waals surface area contributed by atoms with Gasteiger partial charge in [0.05, 0.1) is 0 Å². The van der Waals surface area contributed by atoms with E-state index in [1.54, 1.807) is 0 Å². The molecule has 3 heteroatoms. The Balaban J connectivity index is 1.67. The van der Waals surface area contributed by atoms with E-state index in [0.717, 1.165) is 29.4 Å². The molecule has 2 rings (SSSR count). The van der Waals surface area contributed by atoms with Gasteiger partial charge in [-0.3, -0.25) is 4.90 Å². The first-order valence-electron chi connectivity index (χ1n) is 7.81. The largest absolute Gasteiger partial charge is 0.316 e. The molecule has 1 aliphatic rings. The number of benzene rings is 1. The standard InChI is InChI=1S/C17H27BrN2/c1-14(2)11-19-12-15-7-9-20(10-8-15)13-16-3-5-17(18)6-4-16/h3-6,14-15,19H,7-13H2,1-2H3. The minimum absolute atomic E-state index is 0.757. The molecule has 1 saturated heterocycles. The molecule has 0 aliphatic carbocycles. The van der Waals surface area contributed by atoms with Crippen molar-refractivity contribution >= 4 is 15.9 Å². The fourth-order valence-electron chi connectivity index (χ4n) is 2.77. The normalized spacial score (nSPS) is 17.8. The van der Waals surface area contributed by atoms with E-state index < -0.39 is 0 Å². The zero-order valence-electron chi connectivity index (χ0n) is 12.7. The molecule has 1 heterocycles. The molecule has 0 spiro atoms. The third-order valence-electron chi connectivity index (χ3n) is 4.01. The highest BCUT2D eigenvalue weighted by Gasteiger charge is 2.18. The summed E-state index contributed by atoms with van der Waals surface area (Å²) in [7, 11) is 0. The smallest absolute Gasteiger partial charge is 0.0233 e. The predicted molar refractivity (Wildman–Crippen MR) is 89.9 cm³/mol. The van der Waals surface area contributed by atoms with Crippen LogP contribution in [0.4, 0.5) is 0 Å². The van der Waals surface area contributed by atoms with Gasteiger partial charge in [-0.2, -0.15) is 0 Å². The molecule has 1 fully saturated rings. The summed E-state index contributed by atoms with van der Waals surface area (Å²) in [6.45, 7) is 10.5. The van der Waals surface area contributed by atoms with Crippen molar-refractivity contribution in [3.8, 4) is 0 Å². The van der Waals surface area contributed by atoms with Crippen molar-refractivity contribution in [2.75, 3.05) is 26.2 Å². The molecule has 0 aromatic heterocycles. The van der Waals surface area contributed by atoms with E-state index >= 15 is 0 Å². The van der Waals surface area contributed by atoms with Crippen molar-refractivity contribution in [2.45, 2.75) is 33.2 Å². The minimum Gasteiger partial charge on any atom is -0.316 e. The van der Waals surface area contributed by atoms with E-state index in [-0.39, 0.29) is 0 Å². The van der Waals surface area contributed by atoms with Crippen LogP contribution in [0.2, 0.25) is 0 Å². The zero-order chi connectivity index (χ0) is 14.4. The highest BCUT2D eigenvalue weighted by atomic mass is 79.9. The number of nitrogens with zero attached hydrogens (tertiary/aromatic N) is 1. The number of hydrogen-bond donors (Lipinski definition) is 1. The first-order valence-corrected chi connectivity index (χ1v) is 8.60. The first kappa shape index (κ1) is 16.0. The number of likely N-dealkylation sites (tertiary alicyclic amines) is 1. The minimum atomic E-state index is 0.757. The maximum absolute atomic E-state index is 3.60. The Hall–Kier alpha value is -0.380. The second kappa shape index (κ2) is 8.16. The number of nitrogens with one attached hydrogen (secondary N) is 1. The third kappa shape index (κ3) is 5.55. The monoisotopic (exact) mass is 338 g/mol. The van der Waals surface area contributed by atoms with Crippen molar-refractivity contribution in [1.82, 2.24) is 10.2 Å². The molecule has 0 bridgehead atoms. The lowest BCUT2D eigenvalue weighted by molar-refractivity contribution is 0.175. The van der Waals surface area contributed by atoms with E-state index in [0.29, 0.717) is 0 Å². The second-order valence-corrected chi connectivity index (χ2v) is 7.31. The lowest BCUT2D eigenvalue weighted by Gasteiger charge is -2.32. The molecule has 1 aliphatic heterocycles. The van der Waals surface area contributed by atoms with Crippen LogP contribution >= 0.6 is 15.9 Å². The molecule has 1 aromatic carbocycles. The Morgan fingerprint density at radius 3 is 2.45 bits per heavy atom. The topological polar surface area (TPSA) is 15.3 Å². The molecule has 0 amide bonds. The fraction of sp³-hybridized carbons (Fsp3) is 0.647. The van der Waals surface area contributed by atoms with Crippen LogP contribution in [-0.2, 0) is 6.54 Å². The summed E-state index contributed by atoms with van der Waals surface area (Å²) in [5, 5.41) is 3.60. The average Bonchev–Trinajstić information content (AvgIpc) is 2.43. The molecule has 1 N–H and O–H groups in total.